The fraction of sp³-hybridized carbons (Fsp3) is 0. The lowest BCUT2D eigenvalue weighted by Gasteiger charge is -2.02. The van der Waals surface area contributed by atoms with Crippen LogP contribution in [0.3, 0.4) is 0 Å². The molecular formula is C16H14N4O3. The molecule has 0 spiro atoms. The van der Waals surface area contributed by atoms with E-state index in [1.165, 1.54) is 12.1 Å². The average Bonchev–Trinajstić information content (AvgIpc) is 2.56. The van der Waals surface area contributed by atoms with E-state index in [1.54, 1.807) is 24.3 Å². The second-order valence-corrected chi connectivity index (χ2v) is 4.52. The number of benzene rings is 2. The van der Waals surface area contributed by atoms with Gasteiger partial charge in [0.15, 0.2) is 0 Å². The van der Waals surface area contributed by atoms with Crippen molar-refractivity contribution in [2.24, 2.45) is 10.8 Å². The Morgan fingerprint density at radius 2 is 1.78 bits per heavy atom. The number of non-ortho nitro benzene ring substituents is 1. The third-order valence-corrected chi connectivity index (χ3v) is 2.89. The summed E-state index contributed by atoms with van der Waals surface area (Å²) in [5.41, 5.74) is 9.30. The predicted octanol–water partition coefficient (Wildman–Crippen LogP) is 2.68. The zero-order chi connectivity index (χ0) is 16.7. The Kier molecular flexibility index (Phi) is 5.19. The molecular weight excluding hydrogens is 296 g/mol. The maximum Gasteiger partial charge on any atom is 0.332 e. The molecule has 7 heteroatoms. The van der Waals surface area contributed by atoms with Crippen LogP contribution in [0.15, 0.2) is 65.8 Å². The Morgan fingerprint density at radius 1 is 1.13 bits per heavy atom. The molecule has 2 rings (SSSR count). The summed E-state index contributed by atoms with van der Waals surface area (Å²) in [5, 5.41) is 14.6. The zero-order valence-electron chi connectivity index (χ0n) is 12.0. The van der Waals surface area contributed by atoms with Crippen molar-refractivity contribution in [1.82, 2.24) is 5.43 Å². The lowest BCUT2D eigenvalue weighted by atomic mass is 10.1. The van der Waals surface area contributed by atoms with E-state index in [0.717, 1.165) is 11.1 Å². The molecule has 0 atom stereocenters. The minimum Gasteiger partial charge on any atom is -0.350 e. The van der Waals surface area contributed by atoms with Crippen LogP contribution in [0.5, 0.6) is 0 Å². The molecule has 0 aliphatic rings. The number of rotatable bonds is 5. The Balaban J connectivity index is 2.24. The molecule has 0 aromatic heterocycles. The van der Waals surface area contributed by atoms with Gasteiger partial charge < -0.3 is 5.73 Å². The first-order valence-corrected chi connectivity index (χ1v) is 6.67. The molecule has 116 valence electrons. The summed E-state index contributed by atoms with van der Waals surface area (Å²) < 4.78 is 0. The summed E-state index contributed by atoms with van der Waals surface area (Å²) in [5.74, 6) is 0. The summed E-state index contributed by atoms with van der Waals surface area (Å²) in [7, 11) is 0. The van der Waals surface area contributed by atoms with Gasteiger partial charge in [0.1, 0.15) is 0 Å². The van der Waals surface area contributed by atoms with Gasteiger partial charge in [-0.15, -0.1) is 0 Å². The number of nitrogens with two attached hydrogens (primary N) is 1. The van der Waals surface area contributed by atoms with Crippen molar-refractivity contribution < 1.29 is 9.72 Å². The normalized spacial score (nSPS) is 11.4. The highest BCUT2D eigenvalue weighted by molar-refractivity contribution is 6.10. The van der Waals surface area contributed by atoms with Gasteiger partial charge in [0.05, 0.1) is 10.6 Å². The number of nitro groups is 1. The largest absolute Gasteiger partial charge is 0.350 e. The molecule has 0 bridgehead atoms. The van der Waals surface area contributed by atoms with Crippen molar-refractivity contribution in [3.05, 3.63) is 81.9 Å². The molecule has 0 saturated carbocycles. The van der Waals surface area contributed by atoms with Gasteiger partial charge in [0.2, 0.25) is 0 Å². The van der Waals surface area contributed by atoms with E-state index < -0.39 is 11.0 Å². The van der Waals surface area contributed by atoms with E-state index in [-0.39, 0.29) is 5.69 Å². The van der Waals surface area contributed by atoms with Gasteiger partial charge in [-0.3, -0.25) is 10.1 Å². The van der Waals surface area contributed by atoms with E-state index in [2.05, 4.69) is 10.5 Å². The first-order chi connectivity index (χ1) is 11.1. The molecule has 0 fully saturated rings. The van der Waals surface area contributed by atoms with Crippen molar-refractivity contribution in [2.75, 3.05) is 0 Å². The highest BCUT2D eigenvalue weighted by atomic mass is 16.6. The van der Waals surface area contributed by atoms with Crippen molar-refractivity contribution >= 4 is 23.5 Å². The Bertz CT molecular complexity index is 753. The van der Waals surface area contributed by atoms with Crippen LogP contribution in [0.4, 0.5) is 10.5 Å². The summed E-state index contributed by atoms with van der Waals surface area (Å²) in [6, 6.07) is 14.5. The summed E-state index contributed by atoms with van der Waals surface area (Å²) >= 11 is 0. The van der Waals surface area contributed by atoms with Gasteiger partial charge in [-0.25, -0.2) is 10.2 Å². The van der Waals surface area contributed by atoms with Gasteiger partial charge in [-0.2, -0.15) is 5.10 Å². The molecule has 2 aromatic rings. The number of carbonyl (C=O) groups is 1. The van der Waals surface area contributed by atoms with Crippen LogP contribution < -0.4 is 11.2 Å². The molecule has 0 saturated heterocycles. The van der Waals surface area contributed by atoms with Gasteiger partial charge in [-0.1, -0.05) is 36.4 Å². The standard InChI is InChI=1S/C16H14N4O3/c17-16(21)19-18-15(13-4-2-1-3-5-13)11-8-12-6-9-14(10-7-12)20(22)23/h1-11H,(H3,17,19,21). The van der Waals surface area contributed by atoms with Gasteiger partial charge >= 0.3 is 6.03 Å². The van der Waals surface area contributed by atoms with E-state index in [0.29, 0.717) is 5.71 Å². The number of primary amides is 1. The van der Waals surface area contributed by atoms with E-state index in [9.17, 15) is 14.9 Å². The summed E-state index contributed by atoms with van der Waals surface area (Å²) in [6.45, 7) is 0. The van der Waals surface area contributed by atoms with Crippen molar-refractivity contribution in [2.45, 2.75) is 0 Å². The van der Waals surface area contributed by atoms with Crippen LogP contribution in [-0.2, 0) is 0 Å². The summed E-state index contributed by atoms with van der Waals surface area (Å²) in [6.07, 6.45) is 3.42. The maximum absolute atomic E-state index is 10.8. The second kappa shape index (κ2) is 7.51. The number of hydrogen-bond acceptors (Lipinski definition) is 4. The van der Waals surface area contributed by atoms with Crippen LogP contribution in [0.2, 0.25) is 0 Å². The number of nitro benzene ring substituents is 1. The molecule has 0 heterocycles. The molecule has 0 radical (unpaired) electrons. The Labute approximate surface area is 132 Å². The van der Waals surface area contributed by atoms with Crippen molar-refractivity contribution in [1.29, 1.82) is 0 Å². The first-order valence-electron chi connectivity index (χ1n) is 6.67. The van der Waals surface area contributed by atoms with Gasteiger partial charge in [-0.05, 0) is 23.8 Å². The van der Waals surface area contributed by atoms with Crippen molar-refractivity contribution in [3.63, 3.8) is 0 Å². The monoisotopic (exact) mass is 310 g/mol. The number of hydrogen-bond donors (Lipinski definition) is 2. The molecule has 0 aliphatic carbocycles. The van der Waals surface area contributed by atoms with Gasteiger partial charge in [0, 0.05) is 17.7 Å². The smallest absolute Gasteiger partial charge is 0.332 e. The van der Waals surface area contributed by atoms with Gasteiger partial charge in [0.25, 0.3) is 5.69 Å². The first kappa shape index (κ1) is 15.9. The van der Waals surface area contributed by atoms with E-state index >= 15 is 0 Å². The number of allylic oxidation sites excluding steroid dienone is 1. The third kappa shape index (κ3) is 4.78. The van der Waals surface area contributed by atoms with Crippen LogP contribution >= 0.6 is 0 Å². The zero-order valence-corrected chi connectivity index (χ0v) is 12.0. The molecule has 0 aliphatic heterocycles. The predicted molar refractivity (Wildman–Crippen MR) is 87.8 cm³/mol. The van der Waals surface area contributed by atoms with Crippen molar-refractivity contribution in [3.8, 4) is 0 Å². The maximum atomic E-state index is 10.8. The minimum atomic E-state index is -0.762. The van der Waals surface area contributed by atoms with Crippen LogP contribution in [-0.4, -0.2) is 16.7 Å². The SMILES string of the molecule is NC(=O)NN=C(C=Cc1ccc([N+](=O)[O-])cc1)c1ccccc1. The van der Waals surface area contributed by atoms with E-state index in [1.807, 2.05) is 30.3 Å². The number of urea groups is 1. The minimum absolute atomic E-state index is 0.0227. The lowest BCUT2D eigenvalue weighted by Crippen LogP contribution is -2.25. The topological polar surface area (TPSA) is 111 Å². The molecule has 7 nitrogen and oxygen atoms in total. The highest BCUT2D eigenvalue weighted by Crippen LogP contribution is 2.13. The average molecular weight is 310 g/mol. The fourth-order valence-electron chi connectivity index (χ4n) is 1.80. The fourth-order valence-corrected chi connectivity index (χ4v) is 1.80. The number of nitrogens with zero attached hydrogens (tertiary/aromatic N) is 2. The third-order valence-electron chi connectivity index (χ3n) is 2.89. The molecule has 3 N–H and O–H groups in total. The number of carbonyl (C=O) groups excluding carboxylic acids is 1. The Morgan fingerprint density at radius 3 is 2.35 bits per heavy atom. The number of hydrazone groups is 1. The molecule has 0 unspecified atom stereocenters. The molecule has 23 heavy (non-hydrogen) atoms. The molecule has 2 amide bonds. The lowest BCUT2D eigenvalue weighted by molar-refractivity contribution is -0.384. The highest BCUT2D eigenvalue weighted by Gasteiger charge is 2.03. The summed E-state index contributed by atoms with van der Waals surface area (Å²) in [4.78, 5) is 21.0. The van der Waals surface area contributed by atoms with Crippen LogP contribution in [0.1, 0.15) is 11.1 Å². The number of nitrogens with one attached hydrogen (secondary N) is 1. The van der Waals surface area contributed by atoms with E-state index in [4.69, 9.17) is 5.73 Å². The Hall–Kier alpha value is -3.48. The van der Waals surface area contributed by atoms with Crippen LogP contribution in [0.25, 0.3) is 6.08 Å². The number of amides is 2. The molecule has 2 aromatic carbocycles. The second-order valence-electron chi connectivity index (χ2n) is 4.52. The quantitative estimate of drug-likeness (QED) is 0.503. The van der Waals surface area contributed by atoms with Crippen LogP contribution in [0, 0.1) is 10.1 Å².